The van der Waals surface area contributed by atoms with E-state index in [1.165, 1.54) is 12.1 Å². The molecule has 0 aliphatic carbocycles. The van der Waals surface area contributed by atoms with E-state index < -0.39 is 5.51 Å². The van der Waals surface area contributed by atoms with E-state index in [4.69, 9.17) is 16.9 Å². The maximum Gasteiger partial charge on any atom is 0.446 e. The highest BCUT2D eigenvalue weighted by molar-refractivity contribution is 8.00. The fourth-order valence-corrected chi connectivity index (χ4v) is 2.46. The third-order valence-electron chi connectivity index (χ3n) is 2.38. The number of alkyl halides is 3. The van der Waals surface area contributed by atoms with Crippen LogP contribution in [0.3, 0.4) is 0 Å². The zero-order valence-corrected chi connectivity index (χ0v) is 11.4. The molecule has 0 aliphatic heterocycles. The molecule has 0 fully saturated rings. The quantitative estimate of drug-likeness (QED) is 0.703. The van der Waals surface area contributed by atoms with Crippen LogP contribution < -0.4 is 0 Å². The van der Waals surface area contributed by atoms with Gasteiger partial charge in [-0.1, -0.05) is 23.7 Å². The predicted octanol–water partition coefficient (Wildman–Crippen LogP) is 5.29. The van der Waals surface area contributed by atoms with Crippen molar-refractivity contribution in [1.82, 2.24) is 0 Å². The number of nitrogens with zero attached hydrogens (tertiary/aromatic N) is 1. The first-order valence-electron chi connectivity index (χ1n) is 5.36. The second-order valence-electron chi connectivity index (χ2n) is 3.82. The van der Waals surface area contributed by atoms with Crippen molar-refractivity contribution >= 4 is 23.4 Å². The van der Waals surface area contributed by atoms with Crippen molar-refractivity contribution in [1.29, 1.82) is 5.26 Å². The fraction of sp³-hybridized carbons (Fsp3) is 0.0714. The van der Waals surface area contributed by atoms with Gasteiger partial charge in [0, 0.05) is 11.0 Å². The zero-order chi connectivity index (χ0) is 14.8. The van der Waals surface area contributed by atoms with Crippen LogP contribution >= 0.6 is 23.4 Å². The van der Waals surface area contributed by atoms with E-state index in [0.29, 0.717) is 16.7 Å². The molecule has 2 aromatic carbocycles. The Morgan fingerprint density at radius 2 is 1.75 bits per heavy atom. The van der Waals surface area contributed by atoms with E-state index >= 15 is 0 Å². The summed E-state index contributed by atoms with van der Waals surface area (Å²) in [6, 6.07) is 13.8. The first-order valence-corrected chi connectivity index (χ1v) is 6.56. The van der Waals surface area contributed by atoms with Gasteiger partial charge < -0.3 is 0 Å². The Morgan fingerprint density at radius 3 is 2.30 bits per heavy atom. The van der Waals surface area contributed by atoms with Gasteiger partial charge in [0.1, 0.15) is 0 Å². The number of hydrogen-bond acceptors (Lipinski definition) is 2. The van der Waals surface area contributed by atoms with Gasteiger partial charge in [-0.25, -0.2) is 0 Å². The van der Waals surface area contributed by atoms with Crippen LogP contribution in [0.5, 0.6) is 0 Å². The zero-order valence-electron chi connectivity index (χ0n) is 9.83. The van der Waals surface area contributed by atoms with E-state index in [2.05, 4.69) is 6.07 Å². The second-order valence-corrected chi connectivity index (χ2v) is 5.33. The lowest BCUT2D eigenvalue weighted by molar-refractivity contribution is -0.0328. The van der Waals surface area contributed by atoms with E-state index in [1.807, 2.05) is 6.07 Å². The maximum absolute atomic E-state index is 12.4. The summed E-state index contributed by atoms with van der Waals surface area (Å²) in [7, 11) is 0. The molecule has 6 heteroatoms. The van der Waals surface area contributed by atoms with E-state index in [9.17, 15) is 13.2 Å². The molecule has 0 N–H and O–H groups in total. The van der Waals surface area contributed by atoms with Crippen molar-refractivity contribution in [3.8, 4) is 17.2 Å². The maximum atomic E-state index is 12.4. The summed E-state index contributed by atoms with van der Waals surface area (Å²) in [5.41, 5.74) is -2.68. The molecule has 2 rings (SSSR count). The van der Waals surface area contributed by atoms with Crippen molar-refractivity contribution in [2.45, 2.75) is 10.4 Å². The summed E-state index contributed by atoms with van der Waals surface area (Å²) >= 11 is 5.54. The molecule has 20 heavy (non-hydrogen) atoms. The molecule has 0 saturated heterocycles. The van der Waals surface area contributed by atoms with Crippen LogP contribution in [-0.2, 0) is 0 Å². The van der Waals surface area contributed by atoms with Crippen LogP contribution in [0.25, 0.3) is 11.1 Å². The molecule has 0 atom stereocenters. The predicted molar refractivity (Wildman–Crippen MR) is 72.4 cm³/mol. The highest BCUT2D eigenvalue weighted by Crippen LogP contribution is 2.39. The van der Waals surface area contributed by atoms with Crippen molar-refractivity contribution in [2.75, 3.05) is 0 Å². The fourth-order valence-electron chi connectivity index (χ4n) is 1.59. The minimum absolute atomic E-state index is 0.0932. The van der Waals surface area contributed by atoms with Crippen LogP contribution in [0.2, 0.25) is 5.02 Å². The van der Waals surface area contributed by atoms with Gasteiger partial charge in [-0.3, -0.25) is 0 Å². The molecule has 0 aromatic heterocycles. The molecule has 0 bridgehead atoms. The Bertz CT molecular complexity index is 660. The largest absolute Gasteiger partial charge is 0.446 e. The molecule has 101 valence electrons. The number of hydrogen-bond donors (Lipinski definition) is 0. The van der Waals surface area contributed by atoms with Gasteiger partial charge in [0.05, 0.1) is 16.7 Å². The minimum atomic E-state index is -4.39. The molecule has 1 nitrogen and oxygen atoms in total. The SMILES string of the molecule is N#Cc1ccc(-c2cc(Cl)[c]c(SC(F)(F)F)c2)cc1. The van der Waals surface area contributed by atoms with Gasteiger partial charge in [-0.15, -0.1) is 0 Å². The molecule has 0 unspecified atom stereocenters. The third kappa shape index (κ3) is 3.92. The highest BCUT2D eigenvalue weighted by Gasteiger charge is 2.29. The summed E-state index contributed by atoms with van der Waals surface area (Å²) in [5, 5.41) is 8.82. The van der Waals surface area contributed by atoms with E-state index in [-0.39, 0.29) is 21.7 Å². The smallest absolute Gasteiger partial charge is 0.192 e. The van der Waals surface area contributed by atoms with Crippen LogP contribution in [0.15, 0.2) is 41.3 Å². The molecule has 0 heterocycles. The molecule has 0 aliphatic rings. The lowest BCUT2D eigenvalue weighted by Crippen LogP contribution is -1.99. The van der Waals surface area contributed by atoms with Gasteiger partial charge >= 0.3 is 5.51 Å². The van der Waals surface area contributed by atoms with Gasteiger partial charge in [0.25, 0.3) is 0 Å². The number of rotatable bonds is 2. The first-order chi connectivity index (χ1) is 9.37. The van der Waals surface area contributed by atoms with Crippen LogP contribution in [0.1, 0.15) is 5.56 Å². The summed E-state index contributed by atoms with van der Waals surface area (Å²) in [5.74, 6) is 0. The van der Waals surface area contributed by atoms with Crippen LogP contribution in [0, 0.1) is 17.4 Å². The normalized spacial score (nSPS) is 11.2. The Kier molecular flexibility index (Phi) is 4.26. The highest BCUT2D eigenvalue weighted by atomic mass is 35.5. The average molecular weight is 313 g/mol. The Hall–Kier alpha value is -1.64. The second kappa shape index (κ2) is 5.78. The topological polar surface area (TPSA) is 23.8 Å². The number of benzene rings is 2. The van der Waals surface area contributed by atoms with E-state index in [1.54, 1.807) is 24.3 Å². The van der Waals surface area contributed by atoms with Gasteiger partial charge in [0.15, 0.2) is 0 Å². The number of nitriles is 1. The summed E-state index contributed by atoms with van der Waals surface area (Å²) < 4.78 is 37.1. The molecule has 0 spiro atoms. The summed E-state index contributed by atoms with van der Waals surface area (Å²) in [6.07, 6.45) is 0. The molecular formula is C14H6ClF3NS. The molecule has 2 aromatic rings. The van der Waals surface area contributed by atoms with Gasteiger partial charge in [-0.2, -0.15) is 18.4 Å². The number of halogens is 4. The lowest BCUT2D eigenvalue weighted by atomic mass is 10.0. The monoisotopic (exact) mass is 312 g/mol. The van der Waals surface area contributed by atoms with Crippen molar-refractivity contribution < 1.29 is 13.2 Å². The third-order valence-corrected chi connectivity index (χ3v) is 3.26. The standard InChI is InChI=1S/C14H6ClF3NS/c15-12-5-11(6-13(7-12)20-14(16,17)18)10-3-1-9(8-19)2-4-10/h1-6H. The Morgan fingerprint density at radius 1 is 1.10 bits per heavy atom. The average Bonchev–Trinajstić information content (AvgIpc) is 2.36. The molecule has 1 radical (unpaired) electrons. The van der Waals surface area contributed by atoms with Gasteiger partial charge in [0.2, 0.25) is 0 Å². The Labute approximate surface area is 123 Å². The molecular weight excluding hydrogens is 307 g/mol. The van der Waals surface area contributed by atoms with Gasteiger partial charge in [-0.05, 0) is 47.2 Å². The molecule has 0 saturated carbocycles. The Balaban J connectivity index is 2.38. The van der Waals surface area contributed by atoms with E-state index in [0.717, 1.165) is 0 Å². The minimum Gasteiger partial charge on any atom is -0.192 e. The lowest BCUT2D eigenvalue weighted by Gasteiger charge is -2.08. The van der Waals surface area contributed by atoms with Crippen molar-refractivity contribution in [2.24, 2.45) is 0 Å². The van der Waals surface area contributed by atoms with Crippen LogP contribution in [0.4, 0.5) is 13.2 Å². The van der Waals surface area contributed by atoms with Crippen molar-refractivity contribution in [3.05, 3.63) is 53.1 Å². The number of thioether (sulfide) groups is 1. The first kappa shape index (κ1) is 14.8. The summed E-state index contributed by atoms with van der Waals surface area (Å²) in [6.45, 7) is 0. The van der Waals surface area contributed by atoms with Crippen molar-refractivity contribution in [3.63, 3.8) is 0 Å². The van der Waals surface area contributed by atoms with Crippen LogP contribution in [-0.4, -0.2) is 5.51 Å². The summed E-state index contributed by atoms with van der Waals surface area (Å²) in [4.78, 5) is -0.0932. The molecule has 0 amide bonds.